The summed E-state index contributed by atoms with van der Waals surface area (Å²) in [4.78, 5) is 0. The fraction of sp³-hybridized carbons (Fsp3) is 0. The van der Waals surface area contributed by atoms with Crippen LogP contribution in [0.5, 0.6) is 0 Å². The Morgan fingerprint density at radius 2 is 1.00 bits per heavy atom. The van der Waals surface area contributed by atoms with Crippen LogP contribution in [0, 0.1) is 0 Å². The quantitative estimate of drug-likeness (QED) is 0.639. The predicted octanol–water partition coefficient (Wildman–Crippen LogP) is 2.06. The van der Waals surface area contributed by atoms with Gasteiger partial charge in [0.05, 0.1) is 0 Å². The molecule has 0 nitrogen and oxygen atoms in total. The SMILES string of the molecule is [Cl][Y]([Cl])[Cl].[Y]. The van der Waals surface area contributed by atoms with Gasteiger partial charge in [-0.2, -0.15) is 0 Å². The van der Waals surface area contributed by atoms with Gasteiger partial charge in [-0.1, -0.05) is 0 Å². The van der Waals surface area contributed by atoms with Gasteiger partial charge in [-0.3, -0.25) is 0 Å². The average Bonchev–Trinajstić information content (AvgIpc) is 0.811. The van der Waals surface area contributed by atoms with Crippen molar-refractivity contribution in [2.75, 3.05) is 0 Å². The van der Waals surface area contributed by atoms with Gasteiger partial charge in [0.15, 0.2) is 0 Å². The van der Waals surface area contributed by atoms with Crippen LogP contribution in [-0.2, 0) is 56.0 Å². The van der Waals surface area contributed by atoms with E-state index in [1.165, 1.54) is 0 Å². The molecule has 0 amide bonds. The Hall–Kier alpha value is 3.08. The molecule has 0 N–H and O–H groups in total. The van der Waals surface area contributed by atoms with Gasteiger partial charge in [-0.05, 0) is 0 Å². The summed E-state index contributed by atoms with van der Waals surface area (Å²) in [6.07, 6.45) is 0. The zero-order valence-electron chi connectivity index (χ0n) is 2.29. The molecule has 0 aliphatic rings. The Kier molecular flexibility index (Phi) is 15.5. The van der Waals surface area contributed by atoms with Gasteiger partial charge in [0.25, 0.3) is 0 Å². The fourth-order valence-electron chi connectivity index (χ4n) is 0. The second kappa shape index (κ2) is 7.08. The number of halogens is 3. The maximum absolute atomic E-state index is 5.02. The van der Waals surface area contributed by atoms with E-state index >= 15 is 0 Å². The molecule has 0 atom stereocenters. The molecule has 0 spiro atoms. The second-order valence-electron chi connectivity index (χ2n) is 0.247. The molecule has 0 unspecified atom stereocenters. The van der Waals surface area contributed by atoms with Gasteiger partial charge in [0, 0.05) is 32.7 Å². The first-order valence-corrected chi connectivity index (χ1v) is 11.6. The van der Waals surface area contributed by atoms with Crippen LogP contribution >= 0.6 is 22.0 Å². The van der Waals surface area contributed by atoms with Gasteiger partial charge < -0.3 is 0 Å². The predicted molar refractivity (Wildman–Crippen MR) is 17.6 cm³/mol. The number of rotatable bonds is 0. The molecule has 0 heterocycles. The van der Waals surface area contributed by atoms with E-state index in [1.807, 2.05) is 0 Å². The van der Waals surface area contributed by atoms with Crippen LogP contribution in [0.3, 0.4) is 0 Å². The van der Waals surface area contributed by atoms with Crippen molar-refractivity contribution in [3.63, 3.8) is 0 Å². The van der Waals surface area contributed by atoms with E-state index in [9.17, 15) is 0 Å². The van der Waals surface area contributed by atoms with E-state index in [1.54, 1.807) is 0 Å². The molecule has 0 aromatic carbocycles. The normalized spacial score (nSPS) is 5.40. The van der Waals surface area contributed by atoms with E-state index in [4.69, 9.17) is 22.0 Å². The molecule has 0 saturated carbocycles. The third-order valence-corrected chi connectivity index (χ3v) is 0. The zero-order valence-corrected chi connectivity index (χ0v) is 10.2. The van der Waals surface area contributed by atoms with E-state index in [2.05, 4.69) is 0 Å². The summed E-state index contributed by atoms with van der Waals surface area (Å²) < 4.78 is 0. The summed E-state index contributed by atoms with van der Waals surface area (Å²) >= 11 is -2.22. The second-order valence-corrected chi connectivity index (χ2v) is 13.2. The molecule has 0 aromatic heterocycles. The van der Waals surface area contributed by atoms with Crippen LogP contribution in [0.15, 0.2) is 0 Å². The fourth-order valence-corrected chi connectivity index (χ4v) is 0. The Bertz CT molecular complexity index is 9.61. The summed E-state index contributed by atoms with van der Waals surface area (Å²) in [5.74, 6) is 0. The first kappa shape index (κ1) is 11.0. The maximum atomic E-state index is 5.02. The van der Waals surface area contributed by atoms with Crippen molar-refractivity contribution in [3.8, 4) is 0 Å². The van der Waals surface area contributed by atoms with Crippen LogP contribution in [0.1, 0.15) is 0 Å². The Balaban J connectivity index is 0. The first-order valence-electron chi connectivity index (χ1n) is 0.655. The van der Waals surface area contributed by atoms with E-state index < -0.39 is 23.3 Å². The third-order valence-electron chi connectivity index (χ3n) is 0. The smallest absolute Gasteiger partial charge is 0 e. The third kappa shape index (κ3) is 19.3. The van der Waals surface area contributed by atoms with Crippen molar-refractivity contribution in [2.24, 2.45) is 0 Å². The van der Waals surface area contributed by atoms with Gasteiger partial charge in [0.2, 0.25) is 0 Å². The Morgan fingerprint density at radius 3 is 1.00 bits per heavy atom. The molecule has 27 valence electrons. The number of hydrogen-bond donors (Lipinski definition) is 0. The van der Waals surface area contributed by atoms with Crippen LogP contribution in [0.2, 0.25) is 0 Å². The number of hydrogen-bond acceptors (Lipinski definition) is 0. The first-order chi connectivity index (χ1) is 1.73. The molecule has 0 rings (SSSR count). The monoisotopic (exact) mass is 283 g/mol. The molecule has 0 aliphatic carbocycles. The van der Waals surface area contributed by atoms with E-state index in [0.717, 1.165) is 0 Å². The molecule has 5 heteroatoms. The van der Waals surface area contributed by atoms with Crippen LogP contribution < -0.4 is 0 Å². The van der Waals surface area contributed by atoms with Gasteiger partial charge in [0.1, 0.15) is 0 Å². The summed E-state index contributed by atoms with van der Waals surface area (Å²) in [5.41, 5.74) is 0. The van der Waals surface area contributed by atoms with Gasteiger partial charge in [-0.15, -0.1) is 0 Å². The van der Waals surface area contributed by atoms with E-state index in [0.29, 0.717) is 0 Å². The van der Waals surface area contributed by atoms with Gasteiger partial charge >= 0.3 is 45.3 Å². The van der Waals surface area contributed by atoms with E-state index in [-0.39, 0.29) is 32.7 Å². The minimum Gasteiger partial charge on any atom is 0 e. The standard InChI is InChI=1S/3ClH.2Y/h3*1H;;/q;;;;+3/p-3. The van der Waals surface area contributed by atoms with Gasteiger partial charge in [-0.25, -0.2) is 0 Å². The molecular formula is Cl3Y2. The molecular weight excluding hydrogens is 284 g/mol. The molecule has 0 aliphatic heterocycles. The Morgan fingerprint density at radius 1 is 1.00 bits per heavy atom. The van der Waals surface area contributed by atoms with Crippen molar-refractivity contribution in [3.05, 3.63) is 0 Å². The summed E-state index contributed by atoms with van der Waals surface area (Å²) in [5, 5.41) is 0. The van der Waals surface area contributed by atoms with Crippen LogP contribution in [0.4, 0.5) is 0 Å². The molecule has 0 fully saturated rings. The molecule has 1 radical (unpaired) electrons. The summed E-state index contributed by atoms with van der Waals surface area (Å²) in [6.45, 7) is 0. The zero-order chi connectivity index (χ0) is 3.58. The average molecular weight is 284 g/mol. The molecule has 5 heavy (non-hydrogen) atoms. The topological polar surface area (TPSA) is 0 Å². The van der Waals surface area contributed by atoms with Crippen molar-refractivity contribution in [1.29, 1.82) is 0 Å². The minimum atomic E-state index is -2.22. The molecule has 0 aromatic rings. The van der Waals surface area contributed by atoms with Crippen LogP contribution in [-0.4, -0.2) is 0 Å². The van der Waals surface area contributed by atoms with Crippen molar-refractivity contribution in [2.45, 2.75) is 0 Å². The van der Waals surface area contributed by atoms with Crippen LogP contribution in [0.25, 0.3) is 0 Å². The Labute approximate surface area is 76.0 Å². The largest absolute Gasteiger partial charge is 0 e. The summed E-state index contributed by atoms with van der Waals surface area (Å²) in [6, 6.07) is 0. The van der Waals surface area contributed by atoms with Crippen molar-refractivity contribution >= 4 is 22.0 Å². The molecule has 0 bridgehead atoms. The minimum absolute atomic E-state index is 0. The maximum Gasteiger partial charge on any atom is 0 e. The van der Waals surface area contributed by atoms with Crippen molar-refractivity contribution in [1.82, 2.24) is 0 Å². The van der Waals surface area contributed by atoms with Crippen molar-refractivity contribution < 1.29 is 56.0 Å². The summed E-state index contributed by atoms with van der Waals surface area (Å²) in [7, 11) is 15.0. The molecule has 0 saturated heterocycles.